The Morgan fingerprint density at radius 3 is 2.80 bits per heavy atom. The Labute approximate surface area is 117 Å². The van der Waals surface area contributed by atoms with Gasteiger partial charge in [-0.25, -0.2) is 4.98 Å². The van der Waals surface area contributed by atoms with Crippen molar-refractivity contribution in [3.05, 3.63) is 42.5 Å². The lowest BCUT2D eigenvalue weighted by Crippen LogP contribution is -2.12. The van der Waals surface area contributed by atoms with Crippen LogP contribution in [0.1, 0.15) is 17.4 Å². The van der Waals surface area contributed by atoms with Gasteiger partial charge < -0.3 is 20.4 Å². The summed E-state index contributed by atoms with van der Waals surface area (Å²) in [7, 11) is 0. The van der Waals surface area contributed by atoms with Crippen LogP contribution in [-0.4, -0.2) is 28.6 Å². The Kier molecular flexibility index (Phi) is 4.73. The standard InChI is InChI=1S/C14H18N4O2/c1-2-20-12-5-3-11(4-6-12)17-14(19)13-9-18(8-7-15)10-16-13/h3-6,9-10H,2,7-8,15H2,1H3,(H,17,19). The van der Waals surface area contributed by atoms with Crippen molar-refractivity contribution in [2.24, 2.45) is 5.73 Å². The van der Waals surface area contributed by atoms with E-state index in [0.717, 1.165) is 5.75 Å². The number of rotatable bonds is 6. The summed E-state index contributed by atoms with van der Waals surface area (Å²) in [5.41, 5.74) is 6.52. The summed E-state index contributed by atoms with van der Waals surface area (Å²) in [5.74, 6) is 0.530. The van der Waals surface area contributed by atoms with Crippen LogP contribution < -0.4 is 15.8 Å². The van der Waals surface area contributed by atoms with Crippen LogP contribution in [0.4, 0.5) is 5.69 Å². The van der Waals surface area contributed by atoms with Crippen LogP contribution in [0.15, 0.2) is 36.8 Å². The number of carbonyl (C=O) groups excluding carboxylic acids is 1. The molecule has 2 rings (SSSR count). The minimum Gasteiger partial charge on any atom is -0.494 e. The predicted octanol–water partition coefficient (Wildman–Crippen LogP) is 1.49. The Bertz CT molecular complexity index is 563. The second kappa shape index (κ2) is 6.72. The maximum absolute atomic E-state index is 12.0. The van der Waals surface area contributed by atoms with Crippen LogP contribution in [0.3, 0.4) is 0 Å². The molecule has 0 aliphatic rings. The molecule has 106 valence electrons. The molecule has 0 fully saturated rings. The molecule has 1 amide bonds. The summed E-state index contributed by atoms with van der Waals surface area (Å²) in [4.78, 5) is 16.0. The molecule has 1 aromatic heterocycles. The van der Waals surface area contributed by atoms with E-state index in [9.17, 15) is 4.79 Å². The van der Waals surface area contributed by atoms with Gasteiger partial charge in [0, 0.05) is 25.0 Å². The fourth-order valence-electron chi connectivity index (χ4n) is 1.74. The van der Waals surface area contributed by atoms with E-state index in [1.54, 1.807) is 29.2 Å². The third kappa shape index (κ3) is 3.58. The van der Waals surface area contributed by atoms with E-state index in [1.807, 2.05) is 19.1 Å². The van der Waals surface area contributed by atoms with Crippen LogP contribution in [0.2, 0.25) is 0 Å². The average Bonchev–Trinajstić information content (AvgIpc) is 2.90. The van der Waals surface area contributed by atoms with Gasteiger partial charge in [0.05, 0.1) is 12.9 Å². The third-order valence-corrected chi connectivity index (χ3v) is 2.68. The van der Waals surface area contributed by atoms with E-state index in [1.165, 1.54) is 0 Å². The zero-order chi connectivity index (χ0) is 14.4. The molecule has 6 heteroatoms. The molecule has 1 heterocycles. The number of nitrogens with one attached hydrogen (secondary N) is 1. The first kappa shape index (κ1) is 14.1. The number of aromatic nitrogens is 2. The molecule has 3 N–H and O–H groups in total. The van der Waals surface area contributed by atoms with Crippen molar-refractivity contribution in [1.29, 1.82) is 0 Å². The van der Waals surface area contributed by atoms with Crippen LogP contribution in [0.5, 0.6) is 5.75 Å². The zero-order valence-corrected chi connectivity index (χ0v) is 11.4. The van der Waals surface area contributed by atoms with Gasteiger partial charge in [-0.2, -0.15) is 0 Å². The summed E-state index contributed by atoms with van der Waals surface area (Å²) >= 11 is 0. The van der Waals surface area contributed by atoms with Gasteiger partial charge in [-0.05, 0) is 31.2 Å². The number of hydrogen-bond acceptors (Lipinski definition) is 4. The summed E-state index contributed by atoms with van der Waals surface area (Å²) in [6.07, 6.45) is 3.27. The molecule has 0 atom stereocenters. The van der Waals surface area contributed by atoms with Gasteiger partial charge in [0.1, 0.15) is 11.4 Å². The maximum atomic E-state index is 12.0. The highest BCUT2D eigenvalue weighted by Crippen LogP contribution is 2.16. The minimum atomic E-state index is -0.245. The SMILES string of the molecule is CCOc1ccc(NC(=O)c2cn(CCN)cn2)cc1. The van der Waals surface area contributed by atoms with Crippen LogP contribution >= 0.6 is 0 Å². The van der Waals surface area contributed by atoms with Gasteiger partial charge in [-0.3, -0.25) is 4.79 Å². The number of nitrogens with zero attached hydrogens (tertiary/aromatic N) is 2. The Morgan fingerprint density at radius 1 is 1.40 bits per heavy atom. The van der Waals surface area contributed by atoms with Crippen molar-refractivity contribution >= 4 is 11.6 Å². The number of ether oxygens (including phenoxy) is 1. The van der Waals surface area contributed by atoms with Gasteiger partial charge in [-0.15, -0.1) is 0 Å². The third-order valence-electron chi connectivity index (χ3n) is 2.68. The van der Waals surface area contributed by atoms with Gasteiger partial charge >= 0.3 is 0 Å². The molecular formula is C14H18N4O2. The van der Waals surface area contributed by atoms with Gasteiger partial charge in [-0.1, -0.05) is 0 Å². The van der Waals surface area contributed by atoms with Crippen LogP contribution in [-0.2, 0) is 6.54 Å². The fraction of sp³-hybridized carbons (Fsp3) is 0.286. The largest absolute Gasteiger partial charge is 0.494 e. The van der Waals surface area contributed by atoms with Crippen molar-refractivity contribution in [3.63, 3.8) is 0 Å². The van der Waals surface area contributed by atoms with Gasteiger partial charge in [0.15, 0.2) is 0 Å². The quantitative estimate of drug-likeness (QED) is 0.836. The number of benzene rings is 1. The molecule has 0 unspecified atom stereocenters. The fourth-order valence-corrected chi connectivity index (χ4v) is 1.74. The molecule has 0 bridgehead atoms. The van der Waals surface area contributed by atoms with Crippen LogP contribution in [0, 0.1) is 0 Å². The molecular weight excluding hydrogens is 256 g/mol. The lowest BCUT2D eigenvalue weighted by atomic mass is 10.3. The first-order chi connectivity index (χ1) is 9.72. The summed E-state index contributed by atoms with van der Waals surface area (Å²) in [6.45, 7) is 3.69. The second-order valence-electron chi connectivity index (χ2n) is 4.20. The monoisotopic (exact) mass is 274 g/mol. The zero-order valence-electron chi connectivity index (χ0n) is 11.4. The molecule has 6 nitrogen and oxygen atoms in total. The lowest BCUT2D eigenvalue weighted by molar-refractivity contribution is 0.102. The van der Waals surface area contributed by atoms with Crippen molar-refractivity contribution in [2.45, 2.75) is 13.5 Å². The molecule has 0 aliphatic carbocycles. The highest BCUT2D eigenvalue weighted by atomic mass is 16.5. The topological polar surface area (TPSA) is 82.2 Å². The Balaban J connectivity index is 1.99. The van der Waals surface area contributed by atoms with E-state index >= 15 is 0 Å². The number of imidazole rings is 1. The predicted molar refractivity (Wildman–Crippen MR) is 76.8 cm³/mol. The molecule has 1 aromatic carbocycles. The highest BCUT2D eigenvalue weighted by Gasteiger charge is 2.09. The van der Waals surface area contributed by atoms with Crippen LogP contribution in [0.25, 0.3) is 0 Å². The number of nitrogens with two attached hydrogens (primary N) is 1. The average molecular weight is 274 g/mol. The van der Waals surface area contributed by atoms with E-state index in [4.69, 9.17) is 10.5 Å². The first-order valence-corrected chi connectivity index (χ1v) is 6.49. The first-order valence-electron chi connectivity index (χ1n) is 6.49. The Morgan fingerprint density at radius 2 is 2.15 bits per heavy atom. The molecule has 0 saturated carbocycles. The van der Waals surface area contributed by atoms with Crippen molar-refractivity contribution in [1.82, 2.24) is 9.55 Å². The van der Waals surface area contributed by atoms with E-state index < -0.39 is 0 Å². The number of hydrogen-bond donors (Lipinski definition) is 2. The molecule has 0 radical (unpaired) electrons. The van der Waals surface area contributed by atoms with Gasteiger partial charge in [0.25, 0.3) is 5.91 Å². The van der Waals surface area contributed by atoms with E-state index in [2.05, 4.69) is 10.3 Å². The Hall–Kier alpha value is -2.34. The summed E-state index contributed by atoms with van der Waals surface area (Å²) in [5, 5.41) is 2.78. The van der Waals surface area contributed by atoms with Crippen molar-refractivity contribution < 1.29 is 9.53 Å². The van der Waals surface area contributed by atoms with Gasteiger partial charge in [0.2, 0.25) is 0 Å². The molecule has 0 saturated heterocycles. The van der Waals surface area contributed by atoms with E-state index in [-0.39, 0.29) is 5.91 Å². The summed E-state index contributed by atoms with van der Waals surface area (Å²) < 4.78 is 7.13. The number of amides is 1. The van der Waals surface area contributed by atoms with E-state index in [0.29, 0.717) is 31.1 Å². The molecule has 0 aliphatic heterocycles. The maximum Gasteiger partial charge on any atom is 0.275 e. The second-order valence-corrected chi connectivity index (χ2v) is 4.20. The molecule has 2 aromatic rings. The minimum absolute atomic E-state index is 0.245. The normalized spacial score (nSPS) is 10.3. The number of anilines is 1. The van der Waals surface area contributed by atoms with Crippen molar-refractivity contribution in [2.75, 3.05) is 18.5 Å². The molecule has 0 spiro atoms. The molecule has 20 heavy (non-hydrogen) atoms. The van der Waals surface area contributed by atoms with Crippen molar-refractivity contribution in [3.8, 4) is 5.75 Å². The number of carbonyl (C=O) groups is 1. The lowest BCUT2D eigenvalue weighted by Gasteiger charge is -2.05. The highest BCUT2D eigenvalue weighted by molar-refractivity contribution is 6.02. The summed E-state index contributed by atoms with van der Waals surface area (Å²) in [6, 6.07) is 7.21. The smallest absolute Gasteiger partial charge is 0.275 e.